The van der Waals surface area contributed by atoms with E-state index in [-0.39, 0.29) is 0 Å². The van der Waals surface area contributed by atoms with Crippen LogP contribution in [0.25, 0.3) is 0 Å². The monoisotopic (exact) mass is 351 g/mol. The molecule has 0 unspecified atom stereocenters. The van der Waals surface area contributed by atoms with Gasteiger partial charge in [0.05, 0.1) is 12.2 Å². The van der Waals surface area contributed by atoms with Gasteiger partial charge in [0.25, 0.3) is 0 Å². The van der Waals surface area contributed by atoms with Crippen LogP contribution in [0.2, 0.25) is 0 Å². The Morgan fingerprint density at radius 3 is 2.62 bits per heavy atom. The predicted octanol–water partition coefficient (Wildman–Crippen LogP) is 3.08. The van der Waals surface area contributed by atoms with Gasteiger partial charge in [0.2, 0.25) is 0 Å². The van der Waals surface area contributed by atoms with E-state index in [1.54, 1.807) is 11.3 Å². The lowest BCUT2D eigenvalue weighted by Gasteiger charge is -2.33. The highest BCUT2D eigenvalue weighted by molar-refractivity contribution is 7.11. The SMILES string of the molecule is CCCCN1CCC(NC(=NCc2nc(C)c(C)s2)NCC)CC1. The van der Waals surface area contributed by atoms with E-state index in [0.29, 0.717) is 12.6 Å². The van der Waals surface area contributed by atoms with Gasteiger partial charge in [-0.25, -0.2) is 9.98 Å². The van der Waals surface area contributed by atoms with Gasteiger partial charge in [-0.1, -0.05) is 13.3 Å². The standard InChI is InChI=1S/C18H33N5S/c1-5-7-10-23-11-8-16(9-12-23)22-18(19-6-2)20-13-17-21-14(3)15(4)24-17/h16H,5-13H2,1-4H3,(H2,19,20,22). The summed E-state index contributed by atoms with van der Waals surface area (Å²) in [7, 11) is 0. The lowest BCUT2D eigenvalue weighted by Crippen LogP contribution is -2.48. The molecule has 136 valence electrons. The molecule has 1 saturated heterocycles. The Labute approximate surface area is 151 Å². The van der Waals surface area contributed by atoms with Crippen molar-refractivity contribution in [3.63, 3.8) is 0 Å². The Hall–Kier alpha value is -1.14. The summed E-state index contributed by atoms with van der Waals surface area (Å²) in [5.41, 5.74) is 1.13. The zero-order chi connectivity index (χ0) is 17.4. The Kier molecular flexibility index (Phi) is 7.99. The van der Waals surface area contributed by atoms with E-state index >= 15 is 0 Å². The second-order valence-corrected chi connectivity index (χ2v) is 7.85. The molecule has 0 aromatic carbocycles. The minimum Gasteiger partial charge on any atom is -0.357 e. The number of thiazole rings is 1. The number of hydrogen-bond acceptors (Lipinski definition) is 4. The molecule has 0 atom stereocenters. The van der Waals surface area contributed by atoms with Gasteiger partial charge in [-0.3, -0.25) is 0 Å². The first-order chi connectivity index (χ1) is 11.6. The van der Waals surface area contributed by atoms with Crippen molar-refractivity contribution in [1.82, 2.24) is 20.5 Å². The number of nitrogens with one attached hydrogen (secondary N) is 2. The quantitative estimate of drug-likeness (QED) is 0.585. The lowest BCUT2D eigenvalue weighted by molar-refractivity contribution is 0.203. The minimum absolute atomic E-state index is 0.528. The molecule has 1 aromatic rings. The number of unbranched alkanes of at least 4 members (excludes halogenated alkanes) is 1. The highest BCUT2D eigenvalue weighted by atomic mass is 32.1. The van der Waals surface area contributed by atoms with Crippen molar-refractivity contribution < 1.29 is 0 Å². The number of guanidine groups is 1. The molecule has 2 heterocycles. The Morgan fingerprint density at radius 1 is 1.29 bits per heavy atom. The van der Waals surface area contributed by atoms with Gasteiger partial charge in [0.15, 0.2) is 5.96 Å². The summed E-state index contributed by atoms with van der Waals surface area (Å²) in [6.07, 6.45) is 4.99. The average molecular weight is 352 g/mol. The van der Waals surface area contributed by atoms with Crippen LogP contribution in [-0.4, -0.2) is 48.1 Å². The normalized spacial score (nSPS) is 17.2. The molecule has 6 heteroatoms. The predicted molar refractivity (Wildman–Crippen MR) is 104 cm³/mol. The third kappa shape index (κ3) is 6.06. The van der Waals surface area contributed by atoms with Gasteiger partial charge >= 0.3 is 0 Å². The van der Waals surface area contributed by atoms with Gasteiger partial charge < -0.3 is 15.5 Å². The number of aliphatic imine (C=N–C) groups is 1. The van der Waals surface area contributed by atoms with Gasteiger partial charge in [0.1, 0.15) is 5.01 Å². The number of piperidine rings is 1. The van der Waals surface area contributed by atoms with Crippen molar-refractivity contribution >= 4 is 17.3 Å². The molecule has 1 fully saturated rings. The van der Waals surface area contributed by atoms with Crippen LogP contribution in [0, 0.1) is 13.8 Å². The van der Waals surface area contributed by atoms with Crippen molar-refractivity contribution in [2.24, 2.45) is 4.99 Å². The van der Waals surface area contributed by atoms with E-state index in [0.717, 1.165) is 23.2 Å². The molecule has 0 aliphatic carbocycles. The molecular formula is C18H33N5S. The number of likely N-dealkylation sites (tertiary alicyclic amines) is 1. The molecule has 24 heavy (non-hydrogen) atoms. The van der Waals surface area contributed by atoms with Crippen LogP contribution < -0.4 is 10.6 Å². The summed E-state index contributed by atoms with van der Waals surface area (Å²) in [6, 6.07) is 0.528. The van der Waals surface area contributed by atoms with Gasteiger partial charge in [-0.2, -0.15) is 0 Å². The minimum atomic E-state index is 0.528. The smallest absolute Gasteiger partial charge is 0.191 e. The molecule has 0 amide bonds. The Morgan fingerprint density at radius 2 is 2.04 bits per heavy atom. The summed E-state index contributed by atoms with van der Waals surface area (Å²) >= 11 is 1.75. The van der Waals surface area contributed by atoms with Crippen LogP contribution in [0.15, 0.2) is 4.99 Å². The number of nitrogens with zero attached hydrogens (tertiary/aromatic N) is 3. The van der Waals surface area contributed by atoms with E-state index in [4.69, 9.17) is 4.99 Å². The van der Waals surface area contributed by atoms with Crippen molar-refractivity contribution in [3.8, 4) is 0 Å². The molecular weight excluding hydrogens is 318 g/mol. The van der Waals surface area contributed by atoms with E-state index in [9.17, 15) is 0 Å². The zero-order valence-electron chi connectivity index (χ0n) is 15.7. The second-order valence-electron chi connectivity index (χ2n) is 6.56. The van der Waals surface area contributed by atoms with Crippen LogP contribution in [0.3, 0.4) is 0 Å². The maximum atomic E-state index is 4.73. The van der Waals surface area contributed by atoms with Crippen LogP contribution in [0.1, 0.15) is 55.1 Å². The van der Waals surface area contributed by atoms with Crippen molar-refractivity contribution in [2.45, 2.75) is 66.0 Å². The van der Waals surface area contributed by atoms with E-state index < -0.39 is 0 Å². The van der Waals surface area contributed by atoms with E-state index in [1.165, 1.54) is 50.2 Å². The molecule has 1 aromatic heterocycles. The maximum Gasteiger partial charge on any atom is 0.191 e. The third-order valence-electron chi connectivity index (χ3n) is 4.55. The van der Waals surface area contributed by atoms with Crippen molar-refractivity contribution in [2.75, 3.05) is 26.2 Å². The Balaban J connectivity index is 1.83. The van der Waals surface area contributed by atoms with Crippen LogP contribution in [0.4, 0.5) is 0 Å². The Bertz CT molecular complexity index is 498. The van der Waals surface area contributed by atoms with E-state index in [2.05, 4.69) is 48.2 Å². The van der Waals surface area contributed by atoms with Crippen LogP contribution >= 0.6 is 11.3 Å². The number of hydrogen-bond donors (Lipinski definition) is 2. The summed E-state index contributed by atoms with van der Waals surface area (Å²) in [6.45, 7) is 13.7. The highest BCUT2D eigenvalue weighted by Gasteiger charge is 2.19. The van der Waals surface area contributed by atoms with Gasteiger partial charge in [-0.05, 0) is 46.6 Å². The van der Waals surface area contributed by atoms with Gasteiger partial charge in [0, 0.05) is 30.6 Å². The third-order valence-corrected chi connectivity index (χ3v) is 5.60. The highest BCUT2D eigenvalue weighted by Crippen LogP contribution is 2.17. The van der Waals surface area contributed by atoms with Crippen molar-refractivity contribution in [3.05, 3.63) is 15.6 Å². The fourth-order valence-electron chi connectivity index (χ4n) is 2.95. The van der Waals surface area contributed by atoms with Crippen LogP contribution in [0.5, 0.6) is 0 Å². The second kappa shape index (κ2) is 9.99. The number of aromatic nitrogens is 1. The lowest BCUT2D eigenvalue weighted by atomic mass is 10.0. The topological polar surface area (TPSA) is 52.5 Å². The summed E-state index contributed by atoms with van der Waals surface area (Å²) in [5, 5.41) is 8.08. The van der Waals surface area contributed by atoms with Crippen molar-refractivity contribution in [1.29, 1.82) is 0 Å². The van der Waals surface area contributed by atoms with Crippen LogP contribution in [-0.2, 0) is 6.54 Å². The fraction of sp³-hybridized carbons (Fsp3) is 0.778. The molecule has 2 N–H and O–H groups in total. The molecule has 0 bridgehead atoms. The molecule has 5 nitrogen and oxygen atoms in total. The number of aryl methyl sites for hydroxylation is 2. The average Bonchev–Trinajstić information content (AvgIpc) is 2.90. The molecule has 2 rings (SSSR count). The first-order valence-electron chi connectivity index (χ1n) is 9.32. The molecule has 1 aliphatic rings. The molecule has 1 aliphatic heterocycles. The summed E-state index contributed by atoms with van der Waals surface area (Å²) in [5.74, 6) is 0.926. The largest absolute Gasteiger partial charge is 0.357 e. The van der Waals surface area contributed by atoms with Gasteiger partial charge in [-0.15, -0.1) is 11.3 Å². The summed E-state index contributed by atoms with van der Waals surface area (Å²) in [4.78, 5) is 13.2. The zero-order valence-corrected chi connectivity index (χ0v) is 16.5. The molecule has 0 radical (unpaired) electrons. The first kappa shape index (κ1) is 19.2. The van der Waals surface area contributed by atoms with E-state index in [1.807, 2.05) is 0 Å². The first-order valence-corrected chi connectivity index (χ1v) is 10.1. The maximum absolute atomic E-state index is 4.73. The molecule has 0 saturated carbocycles. The molecule has 0 spiro atoms. The summed E-state index contributed by atoms with van der Waals surface area (Å²) < 4.78 is 0. The number of rotatable bonds is 7. The fourth-order valence-corrected chi connectivity index (χ4v) is 3.81.